The highest BCUT2D eigenvalue weighted by Crippen LogP contribution is 2.24. The molecule has 10 heteroatoms. The Balaban J connectivity index is 1.28. The molecule has 2 aromatic heterocycles. The lowest BCUT2D eigenvalue weighted by Crippen LogP contribution is -2.48. The quantitative estimate of drug-likeness (QED) is 0.486. The van der Waals surface area contributed by atoms with Crippen LogP contribution >= 0.6 is 0 Å². The number of benzene rings is 1. The van der Waals surface area contributed by atoms with E-state index in [1.54, 1.807) is 25.4 Å². The van der Waals surface area contributed by atoms with E-state index in [1.807, 2.05) is 58.5 Å². The molecule has 0 spiro atoms. The van der Waals surface area contributed by atoms with Gasteiger partial charge in [0.15, 0.2) is 0 Å². The number of anilines is 3. The van der Waals surface area contributed by atoms with Crippen molar-refractivity contribution >= 4 is 29.3 Å². The predicted molar refractivity (Wildman–Crippen MR) is 156 cm³/mol. The molecule has 10 nitrogen and oxygen atoms in total. The maximum atomic E-state index is 13.7. The molecule has 0 radical (unpaired) electrons. The van der Waals surface area contributed by atoms with E-state index in [0.717, 1.165) is 56.2 Å². The highest BCUT2D eigenvalue weighted by molar-refractivity contribution is 5.92. The Morgan fingerprint density at radius 1 is 0.750 bits per heavy atom. The van der Waals surface area contributed by atoms with E-state index in [-0.39, 0.29) is 11.8 Å². The number of hydrogen-bond donors (Lipinski definition) is 0. The van der Waals surface area contributed by atoms with Crippen LogP contribution in [0.25, 0.3) is 0 Å². The van der Waals surface area contributed by atoms with Gasteiger partial charge < -0.3 is 19.6 Å². The van der Waals surface area contributed by atoms with E-state index in [2.05, 4.69) is 29.7 Å². The molecular formula is C30H38N8O2. The summed E-state index contributed by atoms with van der Waals surface area (Å²) in [5.41, 5.74) is 1.86. The average molecular weight is 543 g/mol. The molecule has 1 aromatic carbocycles. The Bertz CT molecular complexity index is 1250. The van der Waals surface area contributed by atoms with Crippen molar-refractivity contribution in [3.05, 3.63) is 72.7 Å². The van der Waals surface area contributed by atoms with Crippen molar-refractivity contribution in [1.29, 1.82) is 0 Å². The first-order valence-corrected chi connectivity index (χ1v) is 14.1. The minimum Gasteiger partial charge on any atom is -0.354 e. The Morgan fingerprint density at radius 2 is 1.48 bits per heavy atom. The van der Waals surface area contributed by atoms with Crippen molar-refractivity contribution in [1.82, 2.24) is 24.8 Å². The number of carbonyl (C=O) groups is 2. The monoisotopic (exact) mass is 542 g/mol. The van der Waals surface area contributed by atoms with Gasteiger partial charge in [0.25, 0.3) is 0 Å². The molecule has 3 aromatic rings. The fourth-order valence-electron chi connectivity index (χ4n) is 5.43. The highest BCUT2D eigenvalue weighted by Gasteiger charge is 2.24. The minimum atomic E-state index is -0.00284. The van der Waals surface area contributed by atoms with Crippen molar-refractivity contribution in [2.45, 2.75) is 26.3 Å². The van der Waals surface area contributed by atoms with E-state index in [4.69, 9.17) is 0 Å². The summed E-state index contributed by atoms with van der Waals surface area (Å²) in [7, 11) is 0. The molecule has 40 heavy (non-hydrogen) atoms. The molecule has 0 bridgehead atoms. The molecule has 0 aliphatic carbocycles. The molecule has 2 amide bonds. The van der Waals surface area contributed by atoms with Gasteiger partial charge in [0.2, 0.25) is 17.8 Å². The number of rotatable bonds is 5. The number of nitrogens with zero attached hydrogens (tertiary/aromatic N) is 8. The van der Waals surface area contributed by atoms with Gasteiger partial charge in [-0.25, -0.2) is 15.0 Å². The summed E-state index contributed by atoms with van der Waals surface area (Å²) >= 11 is 0. The molecule has 0 atom stereocenters. The molecule has 2 aliphatic heterocycles. The Labute approximate surface area is 236 Å². The number of amides is 2. The summed E-state index contributed by atoms with van der Waals surface area (Å²) < 4.78 is 0. The van der Waals surface area contributed by atoms with Crippen LogP contribution in [0.2, 0.25) is 0 Å². The topological polar surface area (TPSA) is 89.0 Å². The third kappa shape index (κ3) is 6.93. The molecule has 5 rings (SSSR count). The molecule has 0 unspecified atom stereocenters. The van der Waals surface area contributed by atoms with Crippen LogP contribution in [0.15, 0.2) is 67.1 Å². The molecule has 2 aliphatic rings. The zero-order valence-electron chi connectivity index (χ0n) is 23.2. The highest BCUT2D eigenvalue weighted by atomic mass is 16.2. The largest absolute Gasteiger partial charge is 0.354 e. The molecule has 210 valence electrons. The van der Waals surface area contributed by atoms with Gasteiger partial charge in [-0.2, -0.15) is 0 Å². The molecule has 0 saturated carbocycles. The van der Waals surface area contributed by atoms with Crippen molar-refractivity contribution in [3.63, 3.8) is 0 Å². The Morgan fingerprint density at radius 3 is 2.23 bits per heavy atom. The van der Waals surface area contributed by atoms with Gasteiger partial charge in [0.1, 0.15) is 5.82 Å². The van der Waals surface area contributed by atoms with E-state index in [0.29, 0.717) is 45.1 Å². The normalized spacial score (nSPS) is 17.2. The summed E-state index contributed by atoms with van der Waals surface area (Å²) in [4.78, 5) is 50.3. The number of para-hydroxylation sites is 1. The average Bonchev–Trinajstić information content (AvgIpc) is 3.03. The molecule has 0 N–H and O–H groups in total. The van der Waals surface area contributed by atoms with Crippen molar-refractivity contribution in [3.8, 4) is 0 Å². The summed E-state index contributed by atoms with van der Waals surface area (Å²) in [5, 5.41) is 0. The van der Waals surface area contributed by atoms with Crippen LogP contribution in [0.1, 0.15) is 25.3 Å². The number of hydrogen-bond acceptors (Lipinski definition) is 8. The van der Waals surface area contributed by atoms with Gasteiger partial charge in [-0.3, -0.25) is 14.5 Å². The van der Waals surface area contributed by atoms with E-state index in [9.17, 15) is 9.59 Å². The van der Waals surface area contributed by atoms with Crippen LogP contribution in [0.4, 0.5) is 17.5 Å². The van der Waals surface area contributed by atoms with Gasteiger partial charge in [0, 0.05) is 103 Å². The minimum absolute atomic E-state index is 0.00284. The number of piperazine rings is 1. The summed E-state index contributed by atoms with van der Waals surface area (Å²) in [6, 6.07) is 15.7. The third-order valence-electron chi connectivity index (χ3n) is 7.65. The second-order valence-corrected chi connectivity index (χ2v) is 10.3. The second kappa shape index (κ2) is 13.3. The maximum absolute atomic E-state index is 13.7. The van der Waals surface area contributed by atoms with E-state index in [1.165, 1.54) is 0 Å². The Kier molecular flexibility index (Phi) is 9.18. The number of carbonyl (C=O) groups excluding carboxylic acids is 2. The van der Waals surface area contributed by atoms with E-state index >= 15 is 0 Å². The third-order valence-corrected chi connectivity index (χ3v) is 7.65. The van der Waals surface area contributed by atoms with Crippen molar-refractivity contribution in [2.24, 2.45) is 0 Å². The number of aromatic nitrogens is 3. The summed E-state index contributed by atoms with van der Waals surface area (Å²) in [6.07, 6.45) is 6.52. The second-order valence-electron chi connectivity index (χ2n) is 10.3. The van der Waals surface area contributed by atoms with Crippen LogP contribution in [0, 0.1) is 0 Å². The van der Waals surface area contributed by atoms with E-state index < -0.39 is 0 Å². The smallest absolute Gasteiger partial charge is 0.225 e. The van der Waals surface area contributed by atoms with Crippen LogP contribution in [0.3, 0.4) is 0 Å². The number of fused-ring (bicyclic) bond motifs is 1. The van der Waals surface area contributed by atoms with Crippen LogP contribution < -0.4 is 14.7 Å². The zero-order valence-corrected chi connectivity index (χ0v) is 23.2. The van der Waals surface area contributed by atoms with Crippen LogP contribution in [-0.2, 0) is 16.1 Å². The first-order valence-electron chi connectivity index (χ1n) is 14.1. The van der Waals surface area contributed by atoms with Gasteiger partial charge in [0.05, 0.1) is 0 Å². The molecule has 1 fully saturated rings. The lowest BCUT2D eigenvalue weighted by atomic mass is 10.1. The summed E-state index contributed by atoms with van der Waals surface area (Å²) in [6.45, 7) is 8.84. The van der Waals surface area contributed by atoms with Crippen molar-refractivity contribution < 1.29 is 9.59 Å². The lowest BCUT2D eigenvalue weighted by Gasteiger charge is -2.35. The SMILES string of the molecule is CC(=O)N1CCCN(c2ncccn2)CCN(C(=O)CCN2CCN(c3ccccn3)CC2)Cc2ccccc21. The molecule has 4 heterocycles. The van der Waals surface area contributed by atoms with Crippen LogP contribution in [-0.4, -0.2) is 95.5 Å². The fourth-order valence-corrected chi connectivity index (χ4v) is 5.43. The van der Waals surface area contributed by atoms with Gasteiger partial charge in [-0.15, -0.1) is 0 Å². The first kappa shape index (κ1) is 27.5. The summed E-state index contributed by atoms with van der Waals surface area (Å²) in [5.74, 6) is 1.76. The zero-order chi connectivity index (χ0) is 27.7. The van der Waals surface area contributed by atoms with Crippen molar-refractivity contribution in [2.75, 3.05) is 73.6 Å². The van der Waals surface area contributed by atoms with Gasteiger partial charge >= 0.3 is 0 Å². The fraction of sp³-hybridized carbons (Fsp3) is 0.433. The Hall–Kier alpha value is -4.05. The maximum Gasteiger partial charge on any atom is 0.225 e. The van der Waals surface area contributed by atoms with Gasteiger partial charge in [-0.1, -0.05) is 24.3 Å². The predicted octanol–water partition coefficient (Wildman–Crippen LogP) is 2.68. The number of pyridine rings is 1. The van der Waals surface area contributed by atoms with Crippen LogP contribution in [0.5, 0.6) is 0 Å². The standard InChI is InChI=1S/C30H38N8O2/c1-25(39)38-16-7-15-36(30-32-13-6-14-33-30)22-23-37(24-26-8-2-3-9-27(26)38)29(40)11-17-34-18-20-35(21-19-34)28-10-4-5-12-31-28/h2-6,8-10,12-14H,7,11,15-24H2,1H3. The lowest BCUT2D eigenvalue weighted by molar-refractivity contribution is -0.132. The molecular weight excluding hydrogens is 504 g/mol. The first-order chi connectivity index (χ1) is 19.6. The molecule has 1 saturated heterocycles. The van der Waals surface area contributed by atoms with Gasteiger partial charge in [-0.05, 0) is 36.2 Å².